The monoisotopic (exact) mass is 257 g/mol. The van der Waals surface area contributed by atoms with Crippen LogP contribution >= 0.6 is 0 Å². The lowest BCUT2D eigenvalue weighted by Crippen LogP contribution is -1.97. The summed E-state index contributed by atoms with van der Waals surface area (Å²) < 4.78 is 13.3. The smallest absolute Gasteiger partial charge is 0.335 e. The van der Waals surface area contributed by atoms with Crippen molar-refractivity contribution in [3.8, 4) is 22.9 Å². The number of benzene rings is 2. The molecule has 0 radical (unpaired) electrons. The molecule has 0 atom stereocenters. The van der Waals surface area contributed by atoms with E-state index < -0.39 is 11.8 Å². The van der Waals surface area contributed by atoms with Gasteiger partial charge >= 0.3 is 5.97 Å². The van der Waals surface area contributed by atoms with Crippen LogP contribution in [0.5, 0.6) is 5.75 Å². The molecule has 2 aromatic rings. The van der Waals surface area contributed by atoms with E-state index >= 15 is 0 Å². The van der Waals surface area contributed by atoms with Crippen molar-refractivity contribution in [2.75, 3.05) is 0 Å². The third kappa shape index (κ3) is 2.53. The Balaban J connectivity index is 2.56. The van der Waals surface area contributed by atoms with E-state index in [0.29, 0.717) is 11.1 Å². The van der Waals surface area contributed by atoms with E-state index in [-0.39, 0.29) is 16.9 Å². The number of nitrogens with zero attached hydrogens (tertiary/aromatic N) is 1. The fourth-order valence-electron chi connectivity index (χ4n) is 1.69. The van der Waals surface area contributed by atoms with Crippen LogP contribution in [0, 0.1) is 17.1 Å². The number of phenols is 1. The number of carbonyl (C=O) groups is 1. The number of halogens is 1. The number of aromatic hydroxyl groups is 1. The molecule has 0 heterocycles. The summed E-state index contributed by atoms with van der Waals surface area (Å²) in [7, 11) is 0. The molecule has 0 aliphatic rings. The minimum Gasteiger partial charge on any atom is -0.507 e. The van der Waals surface area contributed by atoms with Gasteiger partial charge in [0.25, 0.3) is 0 Å². The van der Waals surface area contributed by atoms with Crippen LogP contribution in [0.4, 0.5) is 4.39 Å². The van der Waals surface area contributed by atoms with Gasteiger partial charge in [0.2, 0.25) is 0 Å². The summed E-state index contributed by atoms with van der Waals surface area (Å²) in [6.07, 6.45) is 0. The molecule has 4 nitrogen and oxygen atoms in total. The van der Waals surface area contributed by atoms with Gasteiger partial charge < -0.3 is 10.2 Å². The van der Waals surface area contributed by atoms with Crippen LogP contribution in [-0.2, 0) is 0 Å². The van der Waals surface area contributed by atoms with Crippen molar-refractivity contribution in [3.63, 3.8) is 0 Å². The Hall–Kier alpha value is -2.87. The summed E-state index contributed by atoms with van der Waals surface area (Å²) in [4.78, 5) is 10.8. The minimum atomic E-state index is -1.24. The first-order valence-electron chi connectivity index (χ1n) is 5.28. The van der Waals surface area contributed by atoms with Gasteiger partial charge in [-0.25, -0.2) is 9.18 Å². The molecule has 2 N–H and O–H groups in total. The lowest BCUT2D eigenvalue weighted by molar-refractivity contribution is 0.0696. The first-order chi connectivity index (χ1) is 9.01. The summed E-state index contributed by atoms with van der Waals surface area (Å²) in [5.74, 6) is -2.15. The molecule has 5 heteroatoms. The highest BCUT2D eigenvalue weighted by Crippen LogP contribution is 2.27. The van der Waals surface area contributed by atoms with Gasteiger partial charge in [-0.15, -0.1) is 0 Å². The summed E-state index contributed by atoms with van der Waals surface area (Å²) in [5.41, 5.74) is 0.660. The molecule has 0 aromatic heterocycles. The number of aromatic carboxylic acids is 1. The summed E-state index contributed by atoms with van der Waals surface area (Å²) in [6.45, 7) is 0. The minimum absolute atomic E-state index is 0.0959. The number of carboxylic acid groups (broad SMARTS) is 1. The number of hydrogen-bond donors (Lipinski definition) is 2. The second-order valence-electron chi connectivity index (χ2n) is 3.88. The number of nitriles is 1. The lowest BCUT2D eigenvalue weighted by atomic mass is 10.0. The van der Waals surface area contributed by atoms with Gasteiger partial charge in [-0.3, -0.25) is 0 Å². The van der Waals surface area contributed by atoms with E-state index in [1.54, 1.807) is 6.07 Å². The number of rotatable bonds is 2. The van der Waals surface area contributed by atoms with Crippen LogP contribution in [0.15, 0.2) is 36.4 Å². The number of hydrogen-bond acceptors (Lipinski definition) is 3. The van der Waals surface area contributed by atoms with Crippen molar-refractivity contribution in [2.24, 2.45) is 0 Å². The highest BCUT2D eigenvalue weighted by Gasteiger charge is 2.10. The number of phenolic OH excluding ortho intramolecular Hbond substituents is 1. The maximum absolute atomic E-state index is 13.3. The Morgan fingerprint density at radius 3 is 2.47 bits per heavy atom. The van der Waals surface area contributed by atoms with E-state index in [0.717, 1.165) is 12.1 Å². The Morgan fingerprint density at radius 1 is 1.16 bits per heavy atom. The molecular weight excluding hydrogens is 249 g/mol. The average Bonchev–Trinajstić information content (AvgIpc) is 2.37. The van der Waals surface area contributed by atoms with Crippen LogP contribution in [0.2, 0.25) is 0 Å². The molecule has 2 aromatic carbocycles. The molecule has 2 rings (SSSR count). The van der Waals surface area contributed by atoms with Gasteiger partial charge in [0.15, 0.2) is 0 Å². The fourth-order valence-corrected chi connectivity index (χ4v) is 1.69. The predicted octanol–water partition coefficient (Wildman–Crippen LogP) is 2.77. The molecule has 0 amide bonds. The standard InChI is InChI=1S/C14H8FNO3/c15-12-4-10(3-11(5-12)14(18)19)8-1-2-9(7-16)13(17)6-8/h1-6,17H,(H,18,19). The van der Waals surface area contributed by atoms with Gasteiger partial charge in [-0.05, 0) is 41.5 Å². The zero-order valence-corrected chi connectivity index (χ0v) is 9.59. The first kappa shape index (κ1) is 12.6. The average molecular weight is 257 g/mol. The third-order valence-electron chi connectivity index (χ3n) is 2.60. The maximum Gasteiger partial charge on any atom is 0.335 e. The van der Waals surface area contributed by atoms with Crippen molar-refractivity contribution in [1.29, 1.82) is 5.26 Å². The SMILES string of the molecule is N#Cc1ccc(-c2cc(F)cc(C(=O)O)c2)cc1O. The molecule has 0 bridgehead atoms. The predicted molar refractivity (Wildman–Crippen MR) is 65.2 cm³/mol. The normalized spacial score (nSPS) is 9.89. The molecule has 0 fully saturated rings. The largest absolute Gasteiger partial charge is 0.507 e. The molecule has 94 valence electrons. The van der Waals surface area contributed by atoms with Crippen molar-refractivity contribution < 1.29 is 19.4 Å². The quantitative estimate of drug-likeness (QED) is 0.866. The van der Waals surface area contributed by atoms with E-state index in [9.17, 15) is 14.3 Å². The van der Waals surface area contributed by atoms with E-state index in [2.05, 4.69) is 0 Å². The summed E-state index contributed by atoms with van der Waals surface area (Å²) >= 11 is 0. The van der Waals surface area contributed by atoms with E-state index in [4.69, 9.17) is 10.4 Å². The molecule has 0 saturated carbocycles. The van der Waals surface area contributed by atoms with E-state index in [1.165, 1.54) is 24.3 Å². The summed E-state index contributed by atoms with van der Waals surface area (Å²) in [5, 5.41) is 27.1. The Labute approximate surface area is 108 Å². The van der Waals surface area contributed by atoms with Gasteiger partial charge in [0.1, 0.15) is 17.6 Å². The summed E-state index contributed by atoms with van der Waals surface area (Å²) in [6, 6.07) is 9.35. The van der Waals surface area contributed by atoms with Crippen LogP contribution in [-0.4, -0.2) is 16.2 Å². The Bertz CT molecular complexity index is 704. The van der Waals surface area contributed by atoms with Crippen LogP contribution in [0.3, 0.4) is 0 Å². The lowest BCUT2D eigenvalue weighted by Gasteiger charge is -2.05. The molecule has 0 aliphatic carbocycles. The van der Waals surface area contributed by atoms with Crippen LogP contribution in [0.25, 0.3) is 11.1 Å². The maximum atomic E-state index is 13.3. The number of carboxylic acids is 1. The van der Waals surface area contributed by atoms with E-state index in [1.807, 2.05) is 0 Å². The molecule has 0 spiro atoms. The topological polar surface area (TPSA) is 81.3 Å². The fraction of sp³-hybridized carbons (Fsp3) is 0. The van der Waals surface area contributed by atoms with Gasteiger partial charge in [0, 0.05) is 0 Å². The van der Waals surface area contributed by atoms with Crippen LogP contribution in [0.1, 0.15) is 15.9 Å². The van der Waals surface area contributed by atoms with Gasteiger partial charge in [-0.2, -0.15) is 5.26 Å². The molecule has 0 aliphatic heterocycles. The van der Waals surface area contributed by atoms with Crippen LogP contribution < -0.4 is 0 Å². The highest BCUT2D eigenvalue weighted by atomic mass is 19.1. The molecule has 0 saturated heterocycles. The van der Waals surface area contributed by atoms with Gasteiger partial charge in [-0.1, -0.05) is 6.07 Å². The van der Waals surface area contributed by atoms with Crippen molar-refractivity contribution in [2.45, 2.75) is 0 Å². The second-order valence-corrected chi connectivity index (χ2v) is 3.88. The molecular formula is C14H8FNO3. The Morgan fingerprint density at radius 2 is 1.89 bits per heavy atom. The van der Waals surface area contributed by atoms with Crippen molar-refractivity contribution in [3.05, 3.63) is 53.3 Å². The highest BCUT2D eigenvalue weighted by molar-refractivity contribution is 5.89. The second kappa shape index (κ2) is 4.78. The third-order valence-corrected chi connectivity index (χ3v) is 2.60. The van der Waals surface area contributed by atoms with Gasteiger partial charge in [0.05, 0.1) is 11.1 Å². The van der Waals surface area contributed by atoms with Crippen molar-refractivity contribution >= 4 is 5.97 Å². The van der Waals surface area contributed by atoms with Crippen molar-refractivity contribution in [1.82, 2.24) is 0 Å². The Kier molecular flexibility index (Phi) is 3.17. The molecule has 0 unspecified atom stereocenters. The first-order valence-corrected chi connectivity index (χ1v) is 5.28. The molecule has 19 heavy (non-hydrogen) atoms. The zero-order chi connectivity index (χ0) is 14.0. The zero-order valence-electron chi connectivity index (χ0n) is 9.59.